The van der Waals surface area contributed by atoms with E-state index in [4.69, 9.17) is 4.74 Å². The molecule has 2 aliphatic heterocycles. The zero-order chi connectivity index (χ0) is 21.1. The molecule has 0 spiro atoms. The number of aromatic nitrogens is 3. The van der Waals surface area contributed by atoms with Gasteiger partial charge in [0.1, 0.15) is 17.9 Å². The van der Waals surface area contributed by atoms with Gasteiger partial charge >= 0.3 is 6.18 Å². The number of rotatable bonds is 6. The molecule has 0 bridgehead atoms. The first-order valence-electron chi connectivity index (χ1n) is 10.2. The lowest BCUT2D eigenvalue weighted by Gasteiger charge is -2.41. The quantitative estimate of drug-likeness (QED) is 0.560. The van der Waals surface area contributed by atoms with Crippen molar-refractivity contribution < 1.29 is 22.3 Å². The molecule has 0 saturated carbocycles. The number of hydrogen-bond acceptors (Lipinski definition) is 5. The van der Waals surface area contributed by atoms with Crippen molar-refractivity contribution in [3.05, 3.63) is 36.4 Å². The monoisotopic (exact) mass is 427 g/mol. The summed E-state index contributed by atoms with van der Waals surface area (Å²) in [5.74, 6) is 0.635. The lowest BCUT2D eigenvalue weighted by Crippen LogP contribution is -2.48. The summed E-state index contributed by atoms with van der Waals surface area (Å²) in [5, 5.41) is 6.93. The minimum Gasteiger partial charge on any atom is -0.494 e. The summed E-state index contributed by atoms with van der Waals surface area (Å²) in [6.45, 7) is 2.99. The van der Waals surface area contributed by atoms with Crippen molar-refractivity contribution in [1.82, 2.24) is 19.7 Å². The Hall–Kier alpha value is -2.36. The number of halogens is 4. The molecule has 1 saturated heterocycles. The second-order valence-electron chi connectivity index (χ2n) is 7.93. The molecule has 6 nitrogen and oxygen atoms in total. The first kappa shape index (κ1) is 20.9. The summed E-state index contributed by atoms with van der Waals surface area (Å²) in [4.78, 5) is 6.25. The number of nitrogens with zero attached hydrogens (tertiary/aromatic N) is 4. The molecule has 0 radical (unpaired) electrons. The molecule has 1 aromatic heterocycles. The van der Waals surface area contributed by atoms with Gasteiger partial charge in [-0.2, -0.15) is 23.3 Å². The number of hydrogen-bond donors (Lipinski definition) is 1. The smallest absolute Gasteiger partial charge is 0.411 e. The van der Waals surface area contributed by atoms with E-state index in [1.54, 1.807) is 12.1 Å². The van der Waals surface area contributed by atoms with E-state index in [0.717, 1.165) is 49.9 Å². The van der Waals surface area contributed by atoms with E-state index in [1.807, 2.05) is 0 Å². The van der Waals surface area contributed by atoms with Gasteiger partial charge in [-0.25, -0.2) is 9.07 Å². The lowest BCUT2D eigenvalue weighted by molar-refractivity contribution is -0.174. The van der Waals surface area contributed by atoms with Crippen molar-refractivity contribution in [2.75, 3.05) is 31.6 Å². The van der Waals surface area contributed by atoms with Crippen molar-refractivity contribution in [1.29, 1.82) is 0 Å². The number of fused-ring (bicyclic) bond motifs is 1. The fraction of sp³-hybridized carbons (Fsp3) is 0.600. The molecule has 2 aliphatic rings. The SMILES string of the molecule is Fc1ccc(OCCCN2CCC[C@H]([C@@H]3C[C@H](C(F)(F)F)n4ncnc4N3)C2)cc1. The Morgan fingerprint density at radius 1 is 1.20 bits per heavy atom. The molecule has 4 rings (SSSR count). The van der Waals surface area contributed by atoms with Gasteiger partial charge in [0.2, 0.25) is 5.95 Å². The maximum atomic E-state index is 13.5. The van der Waals surface area contributed by atoms with Gasteiger partial charge < -0.3 is 15.0 Å². The summed E-state index contributed by atoms with van der Waals surface area (Å²) in [5.41, 5.74) is 0. The van der Waals surface area contributed by atoms with Crippen LogP contribution in [0.1, 0.15) is 31.7 Å². The number of alkyl halides is 3. The van der Waals surface area contributed by atoms with E-state index in [-0.39, 0.29) is 30.1 Å². The van der Waals surface area contributed by atoms with E-state index >= 15 is 0 Å². The van der Waals surface area contributed by atoms with Crippen molar-refractivity contribution in [3.63, 3.8) is 0 Å². The molecular weight excluding hydrogens is 402 g/mol. The Bertz CT molecular complexity index is 825. The maximum absolute atomic E-state index is 13.5. The van der Waals surface area contributed by atoms with Crippen LogP contribution in [0.25, 0.3) is 0 Å². The minimum absolute atomic E-state index is 0.0357. The van der Waals surface area contributed by atoms with Crippen LogP contribution in [0.15, 0.2) is 30.6 Å². The fourth-order valence-corrected chi connectivity index (χ4v) is 4.36. The molecule has 2 aromatic rings. The second-order valence-corrected chi connectivity index (χ2v) is 7.93. The molecule has 0 aliphatic carbocycles. The standard InChI is InChI=1S/C20H25F4N5O/c21-15-4-6-16(7-5-15)30-10-2-9-28-8-1-3-14(12-28)17-11-18(20(22,23)24)29-19(27-17)25-13-26-29/h4-7,13-14,17-18H,1-3,8-12H2,(H,25,26,27)/t14-,17-,18+/m0/s1. The molecule has 3 atom stereocenters. The molecular formula is C20H25F4N5O. The largest absolute Gasteiger partial charge is 0.494 e. The minimum atomic E-state index is -4.35. The summed E-state index contributed by atoms with van der Waals surface area (Å²) in [6, 6.07) is 3.98. The molecule has 1 fully saturated rings. The van der Waals surface area contributed by atoms with Crippen LogP contribution in [0, 0.1) is 11.7 Å². The van der Waals surface area contributed by atoms with Gasteiger partial charge in [-0.05, 0) is 62.4 Å². The second kappa shape index (κ2) is 8.79. The van der Waals surface area contributed by atoms with Crippen LogP contribution in [0.4, 0.5) is 23.5 Å². The number of nitrogens with one attached hydrogen (secondary N) is 1. The molecule has 3 heterocycles. The summed E-state index contributed by atoms with van der Waals surface area (Å²) in [7, 11) is 0. The van der Waals surface area contributed by atoms with Gasteiger partial charge in [-0.1, -0.05) is 0 Å². The third kappa shape index (κ3) is 4.85. The third-order valence-electron chi connectivity index (χ3n) is 5.85. The van der Waals surface area contributed by atoms with Crippen molar-refractivity contribution >= 4 is 5.95 Å². The van der Waals surface area contributed by atoms with Gasteiger partial charge in [0.15, 0.2) is 6.04 Å². The first-order valence-corrected chi connectivity index (χ1v) is 10.2. The summed E-state index contributed by atoms with van der Waals surface area (Å²) >= 11 is 0. The third-order valence-corrected chi connectivity index (χ3v) is 5.85. The normalized spacial score (nSPS) is 24.9. The van der Waals surface area contributed by atoms with Crippen molar-refractivity contribution in [2.24, 2.45) is 5.92 Å². The number of likely N-dealkylation sites (tertiary alicyclic amines) is 1. The predicted molar refractivity (Wildman–Crippen MR) is 103 cm³/mol. The zero-order valence-corrected chi connectivity index (χ0v) is 16.5. The molecule has 10 heteroatoms. The van der Waals surface area contributed by atoms with Gasteiger partial charge in [0, 0.05) is 19.1 Å². The Morgan fingerprint density at radius 2 is 2.00 bits per heavy atom. The van der Waals surface area contributed by atoms with Crippen LogP contribution < -0.4 is 10.1 Å². The van der Waals surface area contributed by atoms with Crippen LogP contribution in [-0.2, 0) is 0 Å². The Labute approximate surface area is 172 Å². The number of benzene rings is 1. The molecule has 1 aromatic carbocycles. The van der Waals surface area contributed by atoms with Crippen LogP contribution in [0.5, 0.6) is 5.75 Å². The Morgan fingerprint density at radius 3 is 2.77 bits per heavy atom. The highest BCUT2D eigenvalue weighted by Gasteiger charge is 2.48. The number of piperidine rings is 1. The van der Waals surface area contributed by atoms with Gasteiger partial charge in [-0.3, -0.25) is 0 Å². The molecule has 0 unspecified atom stereocenters. The molecule has 164 valence electrons. The van der Waals surface area contributed by atoms with Gasteiger partial charge in [0.05, 0.1) is 6.61 Å². The number of ether oxygens (including phenoxy) is 1. The average molecular weight is 427 g/mol. The molecule has 0 amide bonds. The average Bonchev–Trinajstić information content (AvgIpc) is 3.20. The van der Waals surface area contributed by atoms with E-state index in [2.05, 4.69) is 20.3 Å². The van der Waals surface area contributed by atoms with Crippen LogP contribution in [0.2, 0.25) is 0 Å². The topological polar surface area (TPSA) is 55.2 Å². The van der Waals surface area contributed by atoms with E-state index < -0.39 is 12.2 Å². The highest BCUT2D eigenvalue weighted by molar-refractivity contribution is 5.30. The fourth-order valence-electron chi connectivity index (χ4n) is 4.36. The van der Waals surface area contributed by atoms with E-state index in [0.29, 0.717) is 12.4 Å². The first-order chi connectivity index (χ1) is 14.4. The zero-order valence-electron chi connectivity index (χ0n) is 16.5. The molecule has 30 heavy (non-hydrogen) atoms. The van der Waals surface area contributed by atoms with Gasteiger partial charge in [-0.15, -0.1) is 0 Å². The lowest BCUT2D eigenvalue weighted by atomic mass is 9.86. The van der Waals surface area contributed by atoms with Crippen LogP contribution in [0.3, 0.4) is 0 Å². The number of anilines is 1. The van der Waals surface area contributed by atoms with Crippen LogP contribution in [-0.4, -0.2) is 58.1 Å². The maximum Gasteiger partial charge on any atom is 0.411 e. The highest BCUT2D eigenvalue weighted by Crippen LogP contribution is 2.40. The highest BCUT2D eigenvalue weighted by atomic mass is 19.4. The van der Waals surface area contributed by atoms with Crippen LogP contribution >= 0.6 is 0 Å². The summed E-state index contributed by atoms with van der Waals surface area (Å²) in [6.07, 6.45) is -0.593. The van der Waals surface area contributed by atoms with Gasteiger partial charge in [0.25, 0.3) is 0 Å². The van der Waals surface area contributed by atoms with Crippen molar-refractivity contribution in [3.8, 4) is 5.75 Å². The van der Waals surface area contributed by atoms with E-state index in [9.17, 15) is 17.6 Å². The molecule has 1 N–H and O–H groups in total. The predicted octanol–water partition coefficient (Wildman–Crippen LogP) is 3.89. The summed E-state index contributed by atoms with van der Waals surface area (Å²) < 4.78 is 60.1. The Kier molecular flexibility index (Phi) is 6.12. The Balaban J connectivity index is 1.29. The van der Waals surface area contributed by atoms with Crippen molar-refractivity contribution in [2.45, 2.75) is 43.9 Å². The van der Waals surface area contributed by atoms with E-state index in [1.165, 1.54) is 12.1 Å².